The number of carbonyl (C=O) groups is 1. The summed E-state index contributed by atoms with van der Waals surface area (Å²) in [6, 6.07) is 14.5. The number of nitrogens with zero attached hydrogens (tertiary/aromatic N) is 1. The number of anilines is 3. The van der Waals surface area contributed by atoms with Crippen LogP contribution in [0.15, 0.2) is 54.7 Å². The van der Waals surface area contributed by atoms with Crippen molar-refractivity contribution >= 4 is 46.6 Å². The predicted octanol–water partition coefficient (Wildman–Crippen LogP) is 5.44. The van der Waals surface area contributed by atoms with Crippen molar-refractivity contribution in [1.29, 1.82) is 0 Å². The summed E-state index contributed by atoms with van der Waals surface area (Å²) in [4.78, 5) is 16.7. The van der Waals surface area contributed by atoms with E-state index in [9.17, 15) is 4.79 Å². The van der Waals surface area contributed by atoms with Gasteiger partial charge in [0.05, 0.1) is 42.7 Å². The minimum absolute atomic E-state index is 0.182. The molecule has 0 unspecified atom stereocenters. The summed E-state index contributed by atoms with van der Waals surface area (Å²) in [5.74, 6) is 2.04. The molecule has 7 nitrogen and oxygen atoms in total. The lowest BCUT2D eigenvalue weighted by Gasteiger charge is -2.14. The van der Waals surface area contributed by atoms with Crippen molar-refractivity contribution in [1.82, 2.24) is 4.98 Å². The van der Waals surface area contributed by atoms with E-state index in [0.717, 1.165) is 16.9 Å². The molecular weight excluding hydrogens is 436 g/mol. The zero-order chi connectivity index (χ0) is 22.2. The molecule has 0 spiro atoms. The van der Waals surface area contributed by atoms with E-state index in [0.29, 0.717) is 33.8 Å². The second-order valence-electron chi connectivity index (χ2n) is 6.46. The largest absolute Gasteiger partial charge is 0.495 e. The molecule has 3 aromatic rings. The number of carbonyl (C=O) groups excluding carboxylic acids is 1. The summed E-state index contributed by atoms with van der Waals surface area (Å²) in [6.45, 7) is 1.90. The lowest BCUT2D eigenvalue weighted by Crippen LogP contribution is -2.14. The first-order valence-corrected chi connectivity index (χ1v) is 10.7. The Labute approximate surface area is 190 Å². The number of aryl methyl sites for hydroxylation is 1. The number of hydrogen-bond acceptors (Lipinski definition) is 7. The van der Waals surface area contributed by atoms with Crippen LogP contribution in [0.2, 0.25) is 5.02 Å². The van der Waals surface area contributed by atoms with Gasteiger partial charge in [0.25, 0.3) is 5.91 Å². The molecule has 1 heterocycles. The summed E-state index contributed by atoms with van der Waals surface area (Å²) in [7, 11) is 3.14. The fraction of sp³-hybridized carbons (Fsp3) is 0.182. The molecule has 9 heteroatoms. The molecule has 0 aliphatic rings. The van der Waals surface area contributed by atoms with Gasteiger partial charge in [-0.15, -0.1) is 0 Å². The number of aromatic nitrogens is 1. The molecule has 0 bridgehead atoms. The molecule has 0 atom stereocenters. The standard InChI is InChI=1S/C22H23ClN4O3S/c1-14-6-4-5-7-16(14)22(28)26-21-9-8-15(12-24-21)25-13-31-27-18-10-17(23)19(29-2)11-20(18)30-3/h4-12,25,27H,13H2,1-3H3,(H,24,26,28). The lowest BCUT2D eigenvalue weighted by molar-refractivity contribution is 0.102. The van der Waals surface area contributed by atoms with Crippen LogP contribution >= 0.6 is 23.5 Å². The normalized spacial score (nSPS) is 10.3. The average Bonchev–Trinajstić information content (AvgIpc) is 2.78. The number of ether oxygens (including phenoxy) is 2. The number of methoxy groups -OCH3 is 2. The molecule has 2 aromatic carbocycles. The topological polar surface area (TPSA) is 84.5 Å². The van der Waals surface area contributed by atoms with Crippen LogP contribution < -0.4 is 24.8 Å². The van der Waals surface area contributed by atoms with Gasteiger partial charge in [-0.1, -0.05) is 29.8 Å². The third-order valence-corrected chi connectivity index (χ3v) is 5.35. The molecule has 1 amide bonds. The van der Waals surface area contributed by atoms with Gasteiger partial charge in [-0.25, -0.2) is 4.98 Å². The van der Waals surface area contributed by atoms with E-state index < -0.39 is 0 Å². The summed E-state index contributed by atoms with van der Waals surface area (Å²) < 4.78 is 13.8. The number of halogens is 1. The molecular formula is C22H23ClN4O3S. The minimum Gasteiger partial charge on any atom is -0.495 e. The molecule has 1 aromatic heterocycles. The van der Waals surface area contributed by atoms with Gasteiger partial charge in [-0.2, -0.15) is 0 Å². The molecule has 0 saturated heterocycles. The Morgan fingerprint density at radius 3 is 2.55 bits per heavy atom. The lowest BCUT2D eigenvalue weighted by atomic mass is 10.1. The molecule has 0 radical (unpaired) electrons. The van der Waals surface area contributed by atoms with Crippen LogP contribution in [0, 0.1) is 6.92 Å². The van der Waals surface area contributed by atoms with E-state index in [2.05, 4.69) is 20.3 Å². The van der Waals surface area contributed by atoms with E-state index in [1.54, 1.807) is 44.7 Å². The van der Waals surface area contributed by atoms with Crippen molar-refractivity contribution in [3.63, 3.8) is 0 Å². The van der Waals surface area contributed by atoms with Gasteiger partial charge in [0, 0.05) is 11.6 Å². The van der Waals surface area contributed by atoms with Crippen LogP contribution in [0.1, 0.15) is 15.9 Å². The molecule has 3 rings (SSSR count). The van der Waals surface area contributed by atoms with Gasteiger partial charge in [0.15, 0.2) is 0 Å². The van der Waals surface area contributed by atoms with Gasteiger partial charge in [-0.05, 0) is 48.7 Å². The van der Waals surface area contributed by atoms with Crippen molar-refractivity contribution in [3.8, 4) is 11.5 Å². The summed E-state index contributed by atoms with van der Waals surface area (Å²) in [5, 5.41) is 6.54. The van der Waals surface area contributed by atoms with Gasteiger partial charge in [0.2, 0.25) is 0 Å². The first kappa shape index (κ1) is 22.6. The highest BCUT2D eigenvalue weighted by Gasteiger charge is 2.10. The Morgan fingerprint density at radius 2 is 1.87 bits per heavy atom. The van der Waals surface area contributed by atoms with Crippen molar-refractivity contribution in [2.45, 2.75) is 6.92 Å². The average molecular weight is 459 g/mol. The molecule has 0 fully saturated rings. The number of rotatable bonds is 9. The van der Waals surface area contributed by atoms with Gasteiger partial charge in [0.1, 0.15) is 17.3 Å². The van der Waals surface area contributed by atoms with Crippen LogP contribution in [0.25, 0.3) is 0 Å². The van der Waals surface area contributed by atoms with E-state index in [4.69, 9.17) is 21.1 Å². The molecule has 162 valence electrons. The highest BCUT2D eigenvalue weighted by atomic mass is 35.5. The zero-order valence-corrected chi connectivity index (χ0v) is 18.9. The van der Waals surface area contributed by atoms with Crippen molar-refractivity contribution in [3.05, 3.63) is 70.9 Å². The summed E-state index contributed by atoms with van der Waals surface area (Å²) in [6.07, 6.45) is 1.67. The molecule has 0 aliphatic carbocycles. The van der Waals surface area contributed by atoms with Crippen LogP contribution in [0.5, 0.6) is 11.5 Å². The number of hydrogen-bond donors (Lipinski definition) is 3. The second-order valence-corrected chi connectivity index (χ2v) is 7.64. The Kier molecular flexibility index (Phi) is 7.86. The third kappa shape index (κ3) is 5.96. The second kappa shape index (κ2) is 10.8. The monoisotopic (exact) mass is 458 g/mol. The van der Waals surface area contributed by atoms with E-state index in [-0.39, 0.29) is 5.91 Å². The van der Waals surface area contributed by atoms with Gasteiger partial charge >= 0.3 is 0 Å². The summed E-state index contributed by atoms with van der Waals surface area (Å²) >= 11 is 7.61. The van der Waals surface area contributed by atoms with Crippen LogP contribution in [0.3, 0.4) is 0 Å². The van der Waals surface area contributed by atoms with Gasteiger partial charge < -0.3 is 24.8 Å². The van der Waals surface area contributed by atoms with E-state index in [1.165, 1.54) is 11.9 Å². The van der Waals surface area contributed by atoms with Crippen LogP contribution in [0.4, 0.5) is 17.2 Å². The smallest absolute Gasteiger partial charge is 0.257 e. The summed E-state index contributed by atoms with van der Waals surface area (Å²) in [5.41, 5.74) is 3.11. The Hall–Kier alpha value is -3.10. The highest BCUT2D eigenvalue weighted by Crippen LogP contribution is 2.36. The zero-order valence-electron chi connectivity index (χ0n) is 17.4. The Balaban J connectivity index is 1.50. The number of benzene rings is 2. The molecule has 3 N–H and O–H groups in total. The maximum Gasteiger partial charge on any atom is 0.257 e. The minimum atomic E-state index is -0.182. The number of pyridine rings is 1. The van der Waals surface area contributed by atoms with E-state index in [1.807, 2.05) is 31.2 Å². The first-order chi connectivity index (χ1) is 15.0. The fourth-order valence-electron chi connectivity index (χ4n) is 2.76. The number of amides is 1. The first-order valence-electron chi connectivity index (χ1n) is 9.38. The van der Waals surface area contributed by atoms with Crippen molar-refractivity contribution < 1.29 is 14.3 Å². The Morgan fingerprint density at radius 1 is 1.10 bits per heavy atom. The van der Waals surface area contributed by atoms with Crippen molar-refractivity contribution in [2.75, 3.05) is 35.5 Å². The van der Waals surface area contributed by atoms with Crippen LogP contribution in [-0.2, 0) is 0 Å². The third-order valence-electron chi connectivity index (χ3n) is 4.40. The molecule has 31 heavy (non-hydrogen) atoms. The fourth-order valence-corrected chi connectivity index (χ4v) is 3.62. The van der Waals surface area contributed by atoms with E-state index >= 15 is 0 Å². The molecule has 0 saturated carbocycles. The molecule has 0 aliphatic heterocycles. The predicted molar refractivity (Wildman–Crippen MR) is 128 cm³/mol. The highest BCUT2D eigenvalue weighted by molar-refractivity contribution is 8.00. The SMILES string of the molecule is COc1cc(OC)c(NSCNc2ccc(NC(=O)c3ccccc3C)nc2)cc1Cl. The van der Waals surface area contributed by atoms with Gasteiger partial charge in [-0.3, -0.25) is 4.79 Å². The quantitative estimate of drug-likeness (QED) is 0.223. The van der Waals surface area contributed by atoms with Crippen molar-refractivity contribution in [2.24, 2.45) is 0 Å². The Bertz CT molecular complexity index is 1050. The number of nitrogens with one attached hydrogen (secondary N) is 3. The maximum absolute atomic E-state index is 12.4. The van der Waals surface area contributed by atoms with Crippen LogP contribution in [-0.4, -0.2) is 31.0 Å². The maximum atomic E-state index is 12.4.